The van der Waals surface area contributed by atoms with E-state index >= 15 is 0 Å². The van der Waals surface area contributed by atoms with Gasteiger partial charge in [0.2, 0.25) is 0 Å². The van der Waals surface area contributed by atoms with Crippen molar-refractivity contribution >= 4 is 6.09 Å². The highest BCUT2D eigenvalue weighted by atomic mass is 16.5. The van der Waals surface area contributed by atoms with E-state index in [1.165, 1.54) is 51.4 Å². The monoisotopic (exact) mass is 345 g/mol. The van der Waals surface area contributed by atoms with Crippen molar-refractivity contribution in [2.45, 2.75) is 78.1 Å². The summed E-state index contributed by atoms with van der Waals surface area (Å²) in [6.07, 6.45) is 12.5. The molecule has 0 aliphatic heterocycles. The van der Waals surface area contributed by atoms with E-state index in [1.54, 1.807) is 0 Å². The molecule has 0 aromatic heterocycles. The molecule has 24 heavy (non-hydrogen) atoms. The van der Waals surface area contributed by atoms with Gasteiger partial charge in [0.25, 0.3) is 0 Å². The normalized spacial score (nSPS) is 10.8. The first-order chi connectivity index (χ1) is 11.8. The quantitative estimate of drug-likeness (QED) is 0.366. The molecule has 1 amide bonds. The predicted octanol–water partition coefficient (Wildman–Crippen LogP) is 4.69. The van der Waals surface area contributed by atoms with Crippen LogP contribution in [0.15, 0.2) is 0 Å². The summed E-state index contributed by atoms with van der Waals surface area (Å²) in [5.41, 5.74) is 0. The Bertz CT molecular complexity index is 262. The van der Waals surface area contributed by atoms with Crippen molar-refractivity contribution in [2.75, 3.05) is 39.6 Å². The average Bonchev–Trinajstić information content (AvgIpc) is 2.59. The highest BCUT2D eigenvalue weighted by Crippen LogP contribution is 2.10. The summed E-state index contributed by atoms with van der Waals surface area (Å²) in [5.74, 6) is 0. The number of ether oxygens (including phenoxy) is 3. The number of carbonyl (C=O) groups excluding carboxylic acids is 1. The lowest BCUT2D eigenvalue weighted by Gasteiger charge is -2.08. The molecule has 0 spiro atoms. The molecule has 0 bridgehead atoms. The summed E-state index contributed by atoms with van der Waals surface area (Å²) >= 11 is 0. The molecule has 0 fully saturated rings. The summed E-state index contributed by atoms with van der Waals surface area (Å²) in [6, 6.07) is 0. The predicted molar refractivity (Wildman–Crippen MR) is 98.5 cm³/mol. The molecule has 0 radical (unpaired) electrons. The molecule has 5 nitrogen and oxygen atoms in total. The maximum absolute atomic E-state index is 11.4. The van der Waals surface area contributed by atoms with E-state index in [1.807, 2.05) is 6.92 Å². The summed E-state index contributed by atoms with van der Waals surface area (Å²) in [5, 5.41) is 2.68. The number of hydrogen-bond acceptors (Lipinski definition) is 4. The van der Waals surface area contributed by atoms with Crippen LogP contribution >= 0.6 is 0 Å². The van der Waals surface area contributed by atoms with E-state index in [9.17, 15) is 4.79 Å². The Balaban J connectivity index is 3.12. The van der Waals surface area contributed by atoms with Gasteiger partial charge in [-0.3, -0.25) is 0 Å². The molecule has 0 atom stereocenters. The van der Waals surface area contributed by atoms with E-state index in [2.05, 4.69) is 12.2 Å². The van der Waals surface area contributed by atoms with Crippen LogP contribution in [-0.4, -0.2) is 45.7 Å². The van der Waals surface area contributed by atoms with Crippen molar-refractivity contribution in [2.24, 2.45) is 0 Å². The lowest BCUT2D eigenvalue weighted by molar-refractivity contribution is 0.0533. The third-order valence-electron chi connectivity index (χ3n) is 3.82. The van der Waals surface area contributed by atoms with E-state index in [0.717, 1.165) is 12.8 Å². The van der Waals surface area contributed by atoms with Gasteiger partial charge < -0.3 is 19.5 Å². The zero-order chi connectivity index (χ0) is 17.7. The number of carbonyl (C=O) groups is 1. The second-order valence-electron chi connectivity index (χ2n) is 6.05. The second kappa shape index (κ2) is 20.2. The minimum absolute atomic E-state index is 0.348. The molecule has 0 aromatic rings. The van der Waals surface area contributed by atoms with Crippen molar-refractivity contribution in [3.05, 3.63) is 0 Å². The highest BCUT2D eigenvalue weighted by molar-refractivity contribution is 5.66. The molecule has 144 valence electrons. The fraction of sp³-hybridized carbons (Fsp3) is 0.947. The maximum atomic E-state index is 11.4. The van der Waals surface area contributed by atoms with Crippen LogP contribution in [0.1, 0.15) is 78.1 Å². The van der Waals surface area contributed by atoms with Crippen LogP contribution in [0, 0.1) is 0 Å². The Hall–Kier alpha value is -0.810. The smallest absolute Gasteiger partial charge is 0.407 e. The molecular weight excluding hydrogens is 306 g/mol. The Kier molecular flexibility index (Phi) is 19.6. The summed E-state index contributed by atoms with van der Waals surface area (Å²) < 4.78 is 15.6. The van der Waals surface area contributed by atoms with Crippen molar-refractivity contribution < 1.29 is 19.0 Å². The minimum Gasteiger partial charge on any atom is -0.450 e. The number of unbranched alkanes of at least 4 members (excludes halogenated alkanes) is 9. The molecule has 0 rings (SSSR count). The molecule has 0 saturated heterocycles. The van der Waals surface area contributed by atoms with Crippen LogP contribution in [0.4, 0.5) is 4.79 Å². The average molecular weight is 346 g/mol. The number of alkyl carbamates (subject to hydrolysis) is 1. The molecule has 0 unspecified atom stereocenters. The molecule has 0 saturated carbocycles. The lowest BCUT2D eigenvalue weighted by Crippen LogP contribution is -2.28. The molecule has 0 aliphatic carbocycles. The molecule has 1 N–H and O–H groups in total. The summed E-state index contributed by atoms with van der Waals surface area (Å²) in [6.45, 7) is 7.53. The fourth-order valence-electron chi connectivity index (χ4n) is 2.39. The first kappa shape index (κ1) is 23.2. The third kappa shape index (κ3) is 19.2. The first-order valence-corrected chi connectivity index (χ1v) is 9.87. The molecule has 0 aromatic carbocycles. The van der Waals surface area contributed by atoms with Crippen LogP contribution in [0.5, 0.6) is 0 Å². The van der Waals surface area contributed by atoms with Crippen LogP contribution in [-0.2, 0) is 14.2 Å². The minimum atomic E-state index is -0.348. The number of rotatable bonds is 18. The van der Waals surface area contributed by atoms with Crippen molar-refractivity contribution in [3.63, 3.8) is 0 Å². The van der Waals surface area contributed by atoms with Gasteiger partial charge in [0.15, 0.2) is 0 Å². The van der Waals surface area contributed by atoms with Gasteiger partial charge in [-0.1, -0.05) is 64.7 Å². The highest BCUT2D eigenvalue weighted by Gasteiger charge is 2.00. The number of amides is 1. The van der Waals surface area contributed by atoms with Gasteiger partial charge in [-0.05, 0) is 13.3 Å². The van der Waals surface area contributed by atoms with Crippen molar-refractivity contribution in [1.82, 2.24) is 5.32 Å². The van der Waals surface area contributed by atoms with Crippen LogP contribution in [0.3, 0.4) is 0 Å². The topological polar surface area (TPSA) is 56.8 Å². The molecule has 0 aliphatic rings. The number of nitrogens with one attached hydrogen (secondary N) is 1. The molecule has 0 heterocycles. The van der Waals surface area contributed by atoms with Gasteiger partial charge in [0.05, 0.1) is 26.4 Å². The summed E-state index contributed by atoms with van der Waals surface area (Å²) in [4.78, 5) is 11.4. The van der Waals surface area contributed by atoms with Crippen LogP contribution in [0.25, 0.3) is 0 Å². The largest absolute Gasteiger partial charge is 0.450 e. The van der Waals surface area contributed by atoms with Crippen LogP contribution in [0.2, 0.25) is 0 Å². The van der Waals surface area contributed by atoms with Gasteiger partial charge in [0.1, 0.15) is 0 Å². The zero-order valence-electron chi connectivity index (χ0n) is 15.9. The Morgan fingerprint density at radius 3 is 1.92 bits per heavy atom. The van der Waals surface area contributed by atoms with Crippen molar-refractivity contribution in [3.8, 4) is 0 Å². The van der Waals surface area contributed by atoms with E-state index < -0.39 is 0 Å². The van der Waals surface area contributed by atoms with Gasteiger partial charge >= 0.3 is 6.09 Å². The standard InChI is InChI=1S/C19H39NO4/c1-3-5-6-7-8-9-10-11-12-13-15-24-19(21)20-14-16-23-18-17-22-4-2/h3-18H2,1-2H3,(H,20,21). The van der Waals surface area contributed by atoms with E-state index in [-0.39, 0.29) is 6.09 Å². The zero-order valence-corrected chi connectivity index (χ0v) is 15.9. The van der Waals surface area contributed by atoms with Crippen LogP contribution < -0.4 is 5.32 Å². The Morgan fingerprint density at radius 1 is 0.708 bits per heavy atom. The van der Waals surface area contributed by atoms with E-state index in [4.69, 9.17) is 14.2 Å². The number of hydrogen-bond donors (Lipinski definition) is 1. The lowest BCUT2D eigenvalue weighted by atomic mass is 10.1. The van der Waals surface area contributed by atoms with Gasteiger partial charge in [-0.25, -0.2) is 4.79 Å². The molecule has 5 heteroatoms. The van der Waals surface area contributed by atoms with E-state index in [0.29, 0.717) is 39.6 Å². The molecular formula is C19H39NO4. The second-order valence-corrected chi connectivity index (χ2v) is 6.05. The first-order valence-electron chi connectivity index (χ1n) is 9.87. The Labute approximate surface area is 148 Å². The Morgan fingerprint density at radius 2 is 1.29 bits per heavy atom. The summed E-state index contributed by atoms with van der Waals surface area (Å²) in [7, 11) is 0. The maximum Gasteiger partial charge on any atom is 0.407 e. The SMILES string of the molecule is CCCCCCCCCCCCOC(=O)NCCOCCOCC. The van der Waals surface area contributed by atoms with Gasteiger partial charge in [-0.2, -0.15) is 0 Å². The third-order valence-corrected chi connectivity index (χ3v) is 3.82. The fourth-order valence-corrected chi connectivity index (χ4v) is 2.39. The van der Waals surface area contributed by atoms with Gasteiger partial charge in [-0.15, -0.1) is 0 Å². The van der Waals surface area contributed by atoms with Gasteiger partial charge in [0, 0.05) is 13.2 Å². The van der Waals surface area contributed by atoms with Crippen molar-refractivity contribution in [1.29, 1.82) is 0 Å².